The number of rotatable bonds is 6. The molecule has 0 aromatic heterocycles. The summed E-state index contributed by atoms with van der Waals surface area (Å²) >= 11 is 0. The van der Waals surface area contributed by atoms with Crippen LogP contribution in [0, 0.1) is 5.82 Å². The quantitative estimate of drug-likeness (QED) is 0.804. The van der Waals surface area contributed by atoms with E-state index in [1.807, 2.05) is 0 Å². The summed E-state index contributed by atoms with van der Waals surface area (Å²) in [4.78, 5) is 23.6. The maximum Gasteiger partial charge on any atom is 0.339 e. The van der Waals surface area contributed by atoms with Crippen molar-refractivity contribution < 1.29 is 18.7 Å². The second-order valence-corrected chi connectivity index (χ2v) is 4.77. The number of ether oxygens (including phenoxy) is 1. The van der Waals surface area contributed by atoms with Gasteiger partial charge in [0.2, 0.25) is 5.91 Å². The van der Waals surface area contributed by atoms with E-state index in [0.29, 0.717) is 17.8 Å². The first-order chi connectivity index (χ1) is 11.1. The number of para-hydroxylation sites is 1. The molecule has 2 rings (SSSR count). The van der Waals surface area contributed by atoms with E-state index >= 15 is 0 Å². The van der Waals surface area contributed by atoms with Crippen molar-refractivity contribution in [3.8, 4) is 0 Å². The molecule has 2 aromatic carbocycles. The third-order valence-corrected chi connectivity index (χ3v) is 3.13. The van der Waals surface area contributed by atoms with Crippen molar-refractivity contribution in [1.29, 1.82) is 0 Å². The lowest BCUT2D eigenvalue weighted by molar-refractivity contribution is -0.115. The summed E-state index contributed by atoms with van der Waals surface area (Å²) < 4.78 is 17.5. The van der Waals surface area contributed by atoms with E-state index in [-0.39, 0.29) is 18.1 Å². The molecule has 0 fully saturated rings. The Labute approximate surface area is 133 Å². The molecule has 0 atom stereocenters. The fourth-order valence-electron chi connectivity index (χ4n) is 1.98. The first-order valence-electron chi connectivity index (χ1n) is 7.07. The van der Waals surface area contributed by atoms with Crippen LogP contribution in [0.1, 0.15) is 16.8 Å². The summed E-state index contributed by atoms with van der Waals surface area (Å²) in [5.41, 5.74) is 1.44. The highest BCUT2D eigenvalue weighted by molar-refractivity contribution is 6.01. The van der Waals surface area contributed by atoms with Gasteiger partial charge in [0.15, 0.2) is 0 Å². The molecule has 0 aliphatic rings. The zero-order valence-electron chi connectivity index (χ0n) is 12.6. The van der Waals surface area contributed by atoms with Crippen LogP contribution in [-0.2, 0) is 9.53 Å². The van der Waals surface area contributed by atoms with E-state index in [0.717, 1.165) is 5.69 Å². The fourth-order valence-corrected chi connectivity index (χ4v) is 1.98. The normalized spacial score (nSPS) is 10.0. The molecule has 0 saturated carbocycles. The Balaban J connectivity index is 1.88. The Morgan fingerprint density at radius 3 is 2.48 bits per heavy atom. The molecular formula is C17H17FN2O3. The topological polar surface area (TPSA) is 67.4 Å². The molecule has 5 nitrogen and oxygen atoms in total. The summed E-state index contributed by atoms with van der Waals surface area (Å²) in [6.45, 7) is 0.387. The number of anilines is 2. The molecule has 120 valence electrons. The van der Waals surface area contributed by atoms with E-state index in [4.69, 9.17) is 0 Å². The summed E-state index contributed by atoms with van der Waals surface area (Å²) in [6, 6.07) is 12.5. The lowest BCUT2D eigenvalue weighted by Gasteiger charge is -2.10. The Hall–Kier alpha value is -2.89. The summed E-state index contributed by atoms with van der Waals surface area (Å²) in [5, 5.41) is 5.70. The van der Waals surface area contributed by atoms with E-state index in [1.54, 1.807) is 36.4 Å². The number of carbonyl (C=O) groups is 2. The van der Waals surface area contributed by atoms with Crippen LogP contribution in [0.4, 0.5) is 15.8 Å². The van der Waals surface area contributed by atoms with Gasteiger partial charge in [-0.3, -0.25) is 4.79 Å². The Bertz CT molecular complexity index is 686. The number of methoxy groups -OCH3 is 1. The monoisotopic (exact) mass is 316 g/mol. The molecule has 0 spiro atoms. The number of nitrogens with one attached hydrogen (secondary N) is 2. The van der Waals surface area contributed by atoms with Gasteiger partial charge in [0.25, 0.3) is 0 Å². The number of esters is 1. The zero-order valence-corrected chi connectivity index (χ0v) is 12.6. The predicted octanol–water partition coefficient (Wildman–Crippen LogP) is 3.05. The van der Waals surface area contributed by atoms with Crippen LogP contribution >= 0.6 is 0 Å². The second kappa shape index (κ2) is 7.93. The van der Waals surface area contributed by atoms with Crippen LogP contribution in [0.3, 0.4) is 0 Å². The average Bonchev–Trinajstić information content (AvgIpc) is 2.56. The second-order valence-electron chi connectivity index (χ2n) is 4.77. The molecule has 6 heteroatoms. The van der Waals surface area contributed by atoms with E-state index in [2.05, 4.69) is 15.4 Å². The van der Waals surface area contributed by atoms with Gasteiger partial charge in [0.1, 0.15) is 5.82 Å². The minimum Gasteiger partial charge on any atom is -0.465 e. The first kappa shape index (κ1) is 16.5. The molecule has 0 heterocycles. The summed E-state index contributed by atoms with van der Waals surface area (Å²) in [6.07, 6.45) is 0.201. The number of carbonyl (C=O) groups excluding carboxylic acids is 2. The summed E-state index contributed by atoms with van der Waals surface area (Å²) in [7, 11) is 1.29. The third kappa shape index (κ3) is 4.81. The van der Waals surface area contributed by atoms with Crippen molar-refractivity contribution in [2.24, 2.45) is 0 Å². The number of halogens is 1. The predicted molar refractivity (Wildman–Crippen MR) is 85.9 cm³/mol. The van der Waals surface area contributed by atoms with Crippen molar-refractivity contribution >= 4 is 23.3 Å². The molecule has 0 aliphatic heterocycles. The first-order valence-corrected chi connectivity index (χ1v) is 7.07. The van der Waals surface area contributed by atoms with Crippen LogP contribution in [0.5, 0.6) is 0 Å². The highest BCUT2D eigenvalue weighted by Crippen LogP contribution is 2.16. The van der Waals surface area contributed by atoms with Gasteiger partial charge in [0.05, 0.1) is 18.4 Å². The van der Waals surface area contributed by atoms with Crippen molar-refractivity contribution in [2.75, 3.05) is 24.3 Å². The van der Waals surface area contributed by atoms with E-state index < -0.39 is 5.97 Å². The van der Waals surface area contributed by atoms with Crippen LogP contribution < -0.4 is 10.6 Å². The van der Waals surface area contributed by atoms with Gasteiger partial charge in [-0.25, -0.2) is 9.18 Å². The van der Waals surface area contributed by atoms with Gasteiger partial charge >= 0.3 is 5.97 Å². The largest absolute Gasteiger partial charge is 0.465 e. The maximum absolute atomic E-state index is 12.8. The molecule has 23 heavy (non-hydrogen) atoms. The number of amides is 1. The third-order valence-electron chi connectivity index (χ3n) is 3.13. The van der Waals surface area contributed by atoms with Gasteiger partial charge in [-0.05, 0) is 36.4 Å². The molecule has 0 saturated heterocycles. The Kier molecular flexibility index (Phi) is 5.68. The van der Waals surface area contributed by atoms with Gasteiger partial charge in [-0.15, -0.1) is 0 Å². The molecule has 0 unspecified atom stereocenters. The number of benzene rings is 2. The highest BCUT2D eigenvalue weighted by atomic mass is 19.1. The highest BCUT2D eigenvalue weighted by Gasteiger charge is 2.12. The molecule has 2 aromatic rings. The minimum absolute atomic E-state index is 0.201. The molecule has 2 N–H and O–H groups in total. The smallest absolute Gasteiger partial charge is 0.339 e. The van der Waals surface area contributed by atoms with Crippen LogP contribution in [0.15, 0.2) is 48.5 Å². The van der Waals surface area contributed by atoms with Crippen LogP contribution in [-0.4, -0.2) is 25.5 Å². The van der Waals surface area contributed by atoms with Crippen molar-refractivity contribution in [3.05, 3.63) is 59.9 Å². The lowest BCUT2D eigenvalue weighted by atomic mass is 10.1. The Morgan fingerprint density at radius 1 is 1.09 bits per heavy atom. The molecule has 1 amide bonds. The molecular weight excluding hydrogens is 299 g/mol. The van der Waals surface area contributed by atoms with Crippen molar-refractivity contribution in [3.63, 3.8) is 0 Å². The van der Waals surface area contributed by atoms with Gasteiger partial charge in [-0.1, -0.05) is 12.1 Å². The van der Waals surface area contributed by atoms with E-state index in [1.165, 1.54) is 19.2 Å². The molecule has 0 aliphatic carbocycles. The van der Waals surface area contributed by atoms with Crippen LogP contribution in [0.2, 0.25) is 0 Å². The van der Waals surface area contributed by atoms with Crippen LogP contribution in [0.25, 0.3) is 0 Å². The molecule has 0 bridgehead atoms. The van der Waals surface area contributed by atoms with Crippen molar-refractivity contribution in [1.82, 2.24) is 0 Å². The molecule has 0 radical (unpaired) electrons. The summed E-state index contributed by atoms with van der Waals surface area (Å²) in [5.74, 6) is -1.06. The van der Waals surface area contributed by atoms with Crippen molar-refractivity contribution in [2.45, 2.75) is 6.42 Å². The fraction of sp³-hybridized carbons (Fsp3) is 0.176. The minimum atomic E-state index is -0.509. The maximum atomic E-state index is 12.8. The van der Waals surface area contributed by atoms with Gasteiger partial charge in [0, 0.05) is 18.7 Å². The standard InChI is InChI=1S/C17H17FN2O3/c1-23-17(22)14-4-2-3-5-15(14)20-16(21)10-11-19-13-8-6-12(18)7-9-13/h2-9,19H,10-11H2,1H3,(H,20,21). The van der Waals surface area contributed by atoms with Gasteiger partial charge in [-0.2, -0.15) is 0 Å². The van der Waals surface area contributed by atoms with E-state index in [9.17, 15) is 14.0 Å². The lowest BCUT2D eigenvalue weighted by Crippen LogP contribution is -2.18. The Morgan fingerprint density at radius 2 is 1.78 bits per heavy atom. The average molecular weight is 316 g/mol. The number of hydrogen-bond donors (Lipinski definition) is 2. The number of hydrogen-bond acceptors (Lipinski definition) is 4. The van der Waals surface area contributed by atoms with Gasteiger partial charge < -0.3 is 15.4 Å². The SMILES string of the molecule is COC(=O)c1ccccc1NC(=O)CCNc1ccc(F)cc1. The zero-order chi connectivity index (χ0) is 16.7.